The van der Waals surface area contributed by atoms with Gasteiger partial charge in [-0.15, -0.1) is 0 Å². The molecule has 1 saturated heterocycles. The predicted molar refractivity (Wildman–Crippen MR) is 89.1 cm³/mol. The molecule has 0 bridgehead atoms. The van der Waals surface area contributed by atoms with Crippen molar-refractivity contribution >= 4 is 28.4 Å². The number of amides is 2. The number of pyridine rings is 1. The summed E-state index contributed by atoms with van der Waals surface area (Å²) in [4.78, 5) is 32.6. The van der Waals surface area contributed by atoms with Crippen LogP contribution in [-0.2, 0) is 9.59 Å². The molecule has 6 heteroatoms. The zero-order chi connectivity index (χ0) is 16.2. The van der Waals surface area contributed by atoms with E-state index in [9.17, 15) is 9.59 Å². The van der Waals surface area contributed by atoms with Gasteiger partial charge in [0.25, 0.3) is 0 Å². The minimum Gasteiger partial charge on any atom is -0.340 e. The summed E-state index contributed by atoms with van der Waals surface area (Å²) in [6.45, 7) is 3.05. The molecule has 0 atom stereocenters. The SMILES string of the molecule is CN1CCN(C(=O)CC(=O)Nc2cccc3cccnc23)CC1. The Hall–Kier alpha value is -2.47. The molecule has 2 aromatic rings. The number of hydrogen-bond donors (Lipinski definition) is 1. The first kappa shape index (κ1) is 15.4. The third-order valence-electron chi connectivity index (χ3n) is 4.07. The van der Waals surface area contributed by atoms with Crippen LogP contribution in [0.1, 0.15) is 6.42 Å². The predicted octanol–water partition coefficient (Wildman–Crippen LogP) is 1.34. The van der Waals surface area contributed by atoms with Crippen molar-refractivity contribution in [3.8, 4) is 0 Å². The number of piperazine rings is 1. The second-order valence-corrected chi connectivity index (χ2v) is 5.79. The molecule has 0 saturated carbocycles. The van der Waals surface area contributed by atoms with E-state index in [0.717, 1.165) is 24.0 Å². The average molecular weight is 312 g/mol. The van der Waals surface area contributed by atoms with Crippen LogP contribution in [0.5, 0.6) is 0 Å². The highest BCUT2D eigenvalue weighted by molar-refractivity contribution is 6.07. The van der Waals surface area contributed by atoms with Crippen molar-refractivity contribution in [2.45, 2.75) is 6.42 Å². The second-order valence-electron chi connectivity index (χ2n) is 5.79. The largest absolute Gasteiger partial charge is 0.340 e. The van der Waals surface area contributed by atoms with Crippen molar-refractivity contribution in [1.29, 1.82) is 0 Å². The molecule has 6 nitrogen and oxygen atoms in total. The van der Waals surface area contributed by atoms with E-state index in [-0.39, 0.29) is 18.2 Å². The lowest BCUT2D eigenvalue weighted by Gasteiger charge is -2.32. The van der Waals surface area contributed by atoms with Crippen molar-refractivity contribution < 1.29 is 9.59 Å². The third kappa shape index (κ3) is 3.65. The standard InChI is InChI=1S/C17H20N4O2/c1-20-8-10-21(11-9-20)16(23)12-15(22)19-14-6-2-4-13-5-3-7-18-17(13)14/h2-7H,8-12H2,1H3,(H,19,22). The molecule has 0 unspecified atom stereocenters. The summed E-state index contributed by atoms with van der Waals surface area (Å²) >= 11 is 0. The molecule has 2 amide bonds. The molecular formula is C17H20N4O2. The number of rotatable bonds is 3. The Morgan fingerprint density at radius 3 is 2.65 bits per heavy atom. The molecule has 1 aromatic heterocycles. The summed E-state index contributed by atoms with van der Waals surface area (Å²) in [6.07, 6.45) is 1.56. The zero-order valence-electron chi connectivity index (χ0n) is 13.2. The van der Waals surface area contributed by atoms with Crippen LogP contribution < -0.4 is 5.32 Å². The number of carbonyl (C=O) groups is 2. The first-order chi connectivity index (χ1) is 11.1. The van der Waals surface area contributed by atoms with E-state index in [1.807, 2.05) is 31.3 Å². The van der Waals surface area contributed by atoms with E-state index in [0.29, 0.717) is 18.8 Å². The van der Waals surface area contributed by atoms with Gasteiger partial charge in [0.15, 0.2) is 0 Å². The lowest BCUT2D eigenvalue weighted by atomic mass is 10.2. The first-order valence-corrected chi connectivity index (χ1v) is 7.73. The molecule has 0 aliphatic carbocycles. The van der Waals surface area contributed by atoms with Gasteiger partial charge in [-0.25, -0.2) is 0 Å². The van der Waals surface area contributed by atoms with E-state index in [2.05, 4.69) is 15.2 Å². The maximum Gasteiger partial charge on any atom is 0.233 e. The van der Waals surface area contributed by atoms with Crippen molar-refractivity contribution in [1.82, 2.24) is 14.8 Å². The van der Waals surface area contributed by atoms with Crippen LogP contribution in [0, 0.1) is 0 Å². The number of nitrogens with zero attached hydrogens (tertiary/aromatic N) is 3. The maximum absolute atomic E-state index is 12.2. The Morgan fingerprint density at radius 2 is 1.87 bits per heavy atom. The van der Waals surface area contributed by atoms with Gasteiger partial charge >= 0.3 is 0 Å². The van der Waals surface area contributed by atoms with E-state index in [1.165, 1.54) is 0 Å². The van der Waals surface area contributed by atoms with Crippen LogP contribution in [0.25, 0.3) is 10.9 Å². The fourth-order valence-corrected chi connectivity index (χ4v) is 2.70. The topological polar surface area (TPSA) is 65.5 Å². The summed E-state index contributed by atoms with van der Waals surface area (Å²) in [6, 6.07) is 9.39. The number of benzene rings is 1. The molecule has 2 heterocycles. The summed E-state index contributed by atoms with van der Waals surface area (Å²) in [5.74, 6) is -0.420. The van der Waals surface area contributed by atoms with Crippen LogP contribution in [0.2, 0.25) is 0 Å². The molecule has 1 aromatic carbocycles. The molecule has 3 rings (SSSR count). The Kier molecular flexibility index (Phi) is 4.52. The van der Waals surface area contributed by atoms with Crippen LogP contribution in [0.4, 0.5) is 5.69 Å². The smallest absolute Gasteiger partial charge is 0.233 e. The summed E-state index contributed by atoms with van der Waals surface area (Å²) in [5, 5.41) is 3.76. The fraction of sp³-hybridized carbons (Fsp3) is 0.353. The van der Waals surface area contributed by atoms with Gasteiger partial charge in [-0.3, -0.25) is 14.6 Å². The van der Waals surface area contributed by atoms with Gasteiger partial charge in [0.05, 0.1) is 11.2 Å². The molecule has 0 spiro atoms. The minimum absolute atomic E-state index is 0.121. The van der Waals surface area contributed by atoms with Crippen LogP contribution in [0.3, 0.4) is 0 Å². The van der Waals surface area contributed by atoms with Gasteiger partial charge in [-0.1, -0.05) is 18.2 Å². The fourth-order valence-electron chi connectivity index (χ4n) is 2.70. The van der Waals surface area contributed by atoms with Crippen LogP contribution in [0.15, 0.2) is 36.5 Å². The van der Waals surface area contributed by atoms with Crippen molar-refractivity contribution in [3.05, 3.63) is 36.5 Å². The van der Waals surface area contributed by atoms with Gasteiger partial charge in [0.2, 0.25) is 11.8 Å². The molecule has 1 fully saturated rings. The Morgan fingerprint density at radius 1 is 1.13 bits per heavy atom. The van der Waals surface area contributed by atoms with Gasteiger partial charge in [-0.05, 0) is 19.2 Å². The molecule has 0 radical (unpaired) electrons. The first-order valence-electron chi connectivity index (χ1n) is 7.73. The molecule has 23 heavy (non-hydrogen) atoms. The van der Waals surface area contributed by atoms with Crippen molar-refractivity contribution in [2.24, 2.45) is 0 Å². The van der Waals surface area contributed by atoms with Gasteiger partial charge in [0.1, 0.15) is 6.42 Å². The number of likely N-dealkylation sites (N-methyl/N-ethyl adjacent to an activating group) is 1. The molecule has 120 valence electrons. The monoisotopic (exact) mass is 312 g/mol. The van der Waals surface area contributed by atoms with Crippen molar-refractivity contribution in [2.75, 3.05) is 38.5 Å². The number of anilines is 1. The Labute approximate surface area is 135 Å². The maximum atomic E-state index is 12.2. The number of carbonyl (C=O) groups excluding carboxylic acids is 2. The van der Waals surface area contributed by atoms with Crippen LogP contribution in [-0.4, -0.2) is 59.8 Å². The number of hydrogen-bond acceptors (Lipinski definition) is 4. The summed E-state index contributed by atoms with van der Waals surface area (Å²) in [5.41, 5.74) is 1.37. The van der Waals surface area contributed by atoms with E-state index >= 15 is 0 Å². The lowest BCUT2D eigenvalue weighted by molar-refractivity contribution is -0.135. The molecule has 1 aliphatic rings. The highest BCUT2D eigenvalue weighted by Crippen LogP contribution is 2.20. The number of aromatic nitrogens is 1. The lowest BCUT2D eigenvalue weighted by Crippen LogP contribution is -2.47. The normalized spacial score (nSPS) is 15.6. The van der Waals surface area contributed by atoms with Crippen molar-refractivity contribution in [3.63, 3.8) is 0 Å². The zero-order valence-corrected chi connectivity index (χ0v) is 13.2. The van der Waals surface area contributed by atoms with E-state index < -0.39 is 0 Å². The quantitative estimate of drug-likeness (QED) is 0.869. The highest BCUT2D eigenvalue weighted by atomic mass is 16.2. The average Bonchev–Trinajstić information content (AvgIpc) is 2.55. The molecular weight excluding hydrogens is 292 g/mol. The third-order valence-corrected chi connectivity index (χ3v) is 4.07. The summed E-state index contributed by atoms with van der Waals surface area (Å²) in [7, 11) is 2.03. The number of fused-ring (bicyclic) bond motifs is 1. The van der Waals surface area contributed by atoms with Gasteiger partial charge < -0.3 is 15.1 Å². The highest BCUT2D eigenvalue weighted by Gasteiger charge is 2.21. The summed E-state index contributed by atoms with van der Waals surface area (Å²) < 4.78 is 0. The number of nitrogens with one attached hydrogen (secondary N) is 1. The van der Waals surface area contributed by atoms with Gasteiger partial charge in [-0.2, -0.15) is 0 Å². The minimum atomic E-state index is -0.299. The Balaban J connectivity index is 1.63. The second kappa shape index (κ2) is 6.75. The Bertz CT molecular complexity index is 718. The number of para-hydroxylation sites is 1. The van der Waals surface area contributed by atoms with Gasteiger partial charge in [0, 0.05) is 37.8 Å². The molecule has 1 N–H and O–H groups in total. The van der Waals surface area contributed by atoms with Crippen LogP contribution >= 0.6 is 0 Å². The van der Waals surface area contributed by atoms with E-state index in [4.69, 9.17) is 0 Å². The van der Waals surface area contributed by atoms with E-state index in [1.54, 1.807) is 17.2 Å². The molecule has 1 aliphatic heterocycles.